The molecule has 0 amide bonds. The zero-order chi connectivity index (χ0) is 8.43. The van der Waals surface area contributed by atoms with E-state index in [0.717, 1.165) is 6.42 Å². The normalized spacial score (nSPS) is 37.5. The standard InChI is InChI=1S/C9H16O2/c1-6-4-8(3)11-9(6)5-7(2)10/h6,8-9H,4-5H2,1-3H3/t6-,8+,9+/m1/s1. The summed E-state index contributed by atoms with van der Waals surface area (Å²) in [6.45, 7) is 5.84. The van der Waals surface area contributed by atoms with Gasteiger partial charge < -0.3 is 4.74 Å². The molecule has 0 saturated carbocycles. The summed E-state index contributed by atoms with van der Waals surface area (Å²) in [5.41, 5.74) is 0. The fraction of sp³-hybridized carbons (Fsp3) is 0.889. The predicted molar refractivity (Wildman–Crippen MR) is 43.4 cm³/mol. The number of ketones is 1. The molecule has 0 radical (unpaired) electrons. The van der Waals surface area contributed by atoms with Gasteiger partial charge in [-0.15, -0.1) is 0 Å². The summed E-state index contributed by atoms with van der Waals surface area (Å²) < 4.78 is 5.56. The SMILES string of the molecule is CC(=O)C[C@@H]1O[C@@H](C)C[C@H]1C. The van der Waals surface area contributed by atoms with Crippen LogP contribution in [0.5, 0.6) is 0 Å². The van der Waals surface area contributed by atoms with Crippen LogP contribution in [0, 0.1) is 5.92 Å². The van der Waals surface area contributed by atoms with Crippen LogP contribution in [0.4, 0.5) is 0 Å². The highest BCUT2D eigenvalue weighted by Crippen LogP contribution is 2.27. The Morgan fingerprint density at radius 1 is 1.55 bits per heavy atom. The Kier molecular flexibility index (Phi) is 2.66. The van der Waals surface area contributed by atoms with Gasteiger partial charge in [-0.05, 0) is 26.2 Å². The van der Waals surface area contributed by atoms with Crippen molar-refractivity contribution < 1.29 is 9.53 Å². The summed E-state index contributed by atoms with van der Waals surface area (Å²) in [5, 5.41) is 0. The minimum atomic E-state index is 0.183. The molecule has 1 rings (SSSR count). The number of carbonyl (C=O) groups excluding carboxylic acids is 1. The fourth-order valence-corrected chi connectivity index (χ4v) is 1.70. The van der Waals surface area contributed by atoms with Crippen molar-refractivity contribution in [3.63, 3.8) is 0 Å². The summed E-state index contributed by atoms with van der Waals surface area (Å²) in [6, 6.07) is 0. The van der Waals surface area contributed by atoms with Gasteiger partial charge in [0.05, 0.1) is 12.2 Å². The van der Waals surface area contributed by atoms with E-state index in [1.807, 2.05) is 0 Å². The van der Waals surface area contributed by atoms with E-state index in [9.17, 15) is 4.79 Å². The van der Waals surface area contributed by atoms with Gasteiger partial charge in [0.25, 0.3) is 0 Å². The van der Waals surface area contributed by atoms with Crippen molar-refractivity contribution in [2.75, 3.05) is 0 Å². The maximum atomic E-state index is 10.8. The quantitative estimate of drug-likeness (QED) is 0.609. The van der Waals surface area contributed by atoms with Gasteiger partial charge >= 0.3 is 0 Å². The number of hydrogen-bond acceptors (Lipinski definition) is 2. The van der Waals surface area contributed by atoms with Crippen molar-refractivity contribution in [2.45, 2.75) is 45.8 Å². The lowest BCUT2D eigenvalue weighted by Crippen LogP contribution is -2.17. The Morgan fingerprint density at radius 2 is 2.18 bits per heavy atom. The van der Waals surface area contributed by atoms with Crippen LogP contribution < -0.4 is 0 Å². The number of rotatable bonds is 2. The van der Waals surface area contributed by atoms with Crippen molar-refractivity contribution in [1.29, 1.82) is 0 Å². The molecule has 2 nitrogen and oxygen atoms in total. The van der Waals surface area contributed by atoms with E-state index in [0.29, 0.717) is 18.4 Å². The maximum Gasteiger partial charge on any atom is 0.132 e. The second-order valence-corrected chi connectivity index (χ2v) is 3.60. The first-order valence-corrected chi connectivity index (χ1v) is 4.24. The smallest absolute Gasteiger partial charge is 0.132 e. The highest BCUT2D eigenvalue weighted by molar-refractivity contribution is 5.76. The molecular formula is C9H16O2. The van der Waals surface area contributed by atoms with Gasteiger partial charge in [0.2, 0.25) is 0 Å². The third-order valence-corrected chi connectivity index (χ3v) is 2.23. The Bertz CT molecular complexity index is 154. The molecule has 1 aliphatic rings. The first kappa shape index (κ1) is 8.72. The summed E-state index contributed by atoms with van der Waals surface area (Å²) in [4.78, 5) is 10.8. The molecule has 11 heavy (non-hydrogen) atoms. The Labute approximate surface area is 67.9 Å². The summed E-state index contributed by atoms with van der Waals surface area (Å²) in [7, 11) is 0. The second kappa shape index (κ2) is 3.35. The van der Waals surface area contributed by atoms with Gasteiger partial charge in [0.1, 0.15) is 5.78 Å². The molecule has 64 valence electrons. The number of ether oxygens (including phenoxy) is 1. The Morgan fingerprint density at radius 3 is 2.55 bits per heavy atom. The highest BCUT2D eigenvalue weighted by Gasteiger charge is 2.29. The summed E-state index contributed by atoms with van der Waals surface area (Å²) in [5.74, 6) is 0.782. The zero-order valence-electron chi connectivity index (χ0n) is 7.46. The first-order chi connectivity index (χ1) is 5.09. The van der Waals surface area contributed by atoms with Crippen molar-refractivity contribution in [3.8, 4) is 0 Å². The van der Waals surface area contributed by atoms with E-state index < -0.39 is 0 Å². The van der Waals surface area contributed by atoms with Crippen LogP contribution in [-0.2, 0) is 9.53 Å². The lowest BCUT2D eigenvalue weighted by molar-refractivity contribution is -0.119. The van der Waals surface area contributed by atoms with E-state index >= 15 is 0 Å². The highest BCUT2D eigenvalue weighted by atomic mass is 16.5. The van der Waals surface area contributed by atoms with Gasteiger partial charge in [-0.1, -0.05) is 6.92 Å². The van der Waals surface area contributed by atoms with Crippen LogP contribution >= 0.6 is 0 Å². The van der Waals surface area contributed by atoms with Gasteiger partial charge in [0, 0.05) is 6.42 Å². The zero-order valence-corrected chi connectivity index (χ0v) is 7.46. The minimum absolute atomic E-state index is 0.183. The topological polar surface area (TPSA) is 26.3 Å². The average Bonchev–Trinajstić information content (AvgIpc) is 2.09. The van der Waals surface area contributed by atoms with E-state index in [1.54, 1.807) is 6.92 Å². The fourth-order valence-electron chi connectivity index (χ4n) is 1.70. The van der Waals surface area contributed by atoms with Crippen LogP contribution in [0.25, 0.3) is 0 Å². The molecule has 0 aliphatic carbocycles. The van der Waals surface area contributed by atoms with E-state index in [2.05, 4.69) is 13.8 Å². The number of Topliss-reactive ketones (excluding diaryl/α,β-unsaturated/α-hetero) is 1. The van der Waals surface area contributed by atoms with Gasteiger partial charge in [-0.25, -0.2) is 0 Å². The van der Waals surface area contributed by atoms with Gasteiger partial charge in [0.15, 0.2) is 0 Å². The monoisotopic (exact) mass is 156 g/mol. The van der Waals surface area contributed by atoms with E-state index in [-0.39, 0.29) is 11.9 Å². The van der Waals surface area contributed by atoms with E-state index in [4.69, 9.17) is 4.74 Å². The van der Waals surface area contributed by atoms with Crippen molar-refractivity contribution in [1.82, 2.24) is 0 Å². The number of carbonyl (C=O) groups is 1. The summed E-state index contributed by atoms with van der Waals surface area (Å²) >= 11 is 0. The molecule has 0 N–H and O–H groups in total. The van der Waals surface area contributed by atoms with Crippen LogP contribution in [0.15, 0.2) is 0 Å². The maximum absolute atomic E-state index is 10.8. The lowest BCUT2D eigenvalue weighted by Gasteiger charge is -2.11. The van der Waals surface area contributed by atoms with Crippen LogP contribution in [0.3, 0.4) is 0 Å². The second-order valence-electron chi connectivity index (χ2n) is 3.60. The molecule has 0 bridgehead atoms. The molecule has 1 fully saturated rings. The van der Waals surface area contributed by atoms with Crippen molar-refractivity contribution in [2.24, 2.45) is 5.92 Å². The largest absolute Gasteiger partial charge is 0.375 e. The molecular weight excluding hydrogens is 140 g/mol. The minimum Gasteiger partial charge on any atom is -0.375 e. The molecule has 0 aromatic carbocycles. The Balaban J connectivity index is 2.40. The van der Waals surface area contributed by atoms with Crippen molar-refractivity contribution >= 4 is 5.78 Å². The van der Waals surface area contributed by atoms with Crippen molar-refractivity contribution in [3.05, 3.63) is 0 Å². The Hall–Kier alpha value is -0.370. The predicted octanol–water partition coefficient (Wildman–Crippen LogP) is 1.78. The molecule has 0 spiro atoms. The molecule has 1 heterocycles. The van der Waals surface area contributed by atoms with Crippen LogP contribution in [0.1, 0.15) is 33.6 Å². The molecule has 3 atom stereocenters. The lowest BCUT2D eigenvalue weighted by atomic mass is 9.99. The molecule has 1 aliphatic heterocycles. The third kappa shape index (κ3) is 2.29. The molecule has 0 aromatic rings. The van der Waals surface area contributed by atoms with Gasteiger partial charge in [-0.3, -0.25) is 4.79 Å². The molecule has 0 aromatic heterocycles. The summed E-state index contributed by atoms with van der Waals surface area (Å²) in [6.07, 6.45) is 2.21. The van der Waals surface area contributed by atoms with E-state index in [1.165, 1.54) is 0 Å². The molecule has 0 unspecified atom stereocenters. The van der Waals surface area contributed by atoms with Gasteiger partial charge in [-0.2, -0.15) is 0 Å². The van der Waals surface area contributed by atoms with Crippen LogP contribution in [-0.4, -0.2) is 18.0 Å². The average molecular weight is 156 g/mol. The first-order valence-electron chi connectivity index (χ1n) is 4.24. The molecule has 1 saturated heterocycles. The third-order valence-electron chi connectivity index (χ3n) is 2.23. The van der Waals surface area contributed by atoms with Crippen LogP contribution in [0.2, 0.25) is 0 Å². The number of hydrogen-bond donors (Lipinski definition) is 0. The molecule has 2 heteroatoms.